The molecule has 1 aromatic carbocycles. The minimum atomic E-state index is -4.17. The molecule has 27 heavy (non-hydrogen) atoms. The minimum Gasteiger partial charge on any atom is -0.506 e. The third kappa shape index (κ3) is 2.79. The van der Waals surface area contributed by atoms with Crippen molar-refractivity contribution in [3.05, 3.63) is 23.0 Å². The molecule has 7 nitrogen and oxygen atoms in total. The maximum absolute atomic E-state index is 15.2. The van der Waals surface area contributed by atoms with Gasteiger partial charge in [0.25, 0.3) is 5.91 Å². The van der Waals surface area contributed by atoms with Crippen LogP contribution in [0.1, 0.15) is 36.8 Å². The fourth-order valence-electron chi connectivity index (χ4n) is 4.98. The van der Waals surface area contributed by atoms with Crippen LogP contribution in [0, 0.1) is 17.2 Å². The number of phenols is 1. The number of amides is 1. The molecule has 0 radical (unpaired) electrons. The van der Waals surface area contributed by atoms with Gasteiger partial charge >= 0.3 is 10.2 Å². The summed E-state index contributed by atoms with van der Waals surface area (Å²) in [4.78, 5) is 13.7. The lowest BCUT2D eigenvalue weighted by atomic mass is 9.71. The fraction of sp³-hybridized carbons (Fsp3) is 0.611. The second-order valence-electron chi connectivity index (χ2n) is 8.49. The average Bonchev–Trinajstić information content (AvgIpc) is 3.29. The van der Waals surface area contributed by atoms with Crippen LogP contribution in [0.2, 0.25) is 0 Å². The van der Waals surface area contributed by atoms with Crippen LogP contribution in [-0.4, -0.2) is 44.0 Å². The minimum absolute atomic E-state index is 0.396. The van der Waals surface area contributed by atoms with E-state index in [1.165, 1.54) is 31.7 Å². The number of anilines is 1. The first-order chi connectivity index (χ1) is 12.8. The quantitative estimate of drug-likeness (QED) is 0.804. The molecule has 2 N–H and O–H groups in total. The van der Waals surface area contributed by atoms with Crippen LogP contribution in [0.25, 0.3) is 0 Å². The molecule has 3 fully saturated rings. The topological polar surface area (TPSA) is 90.0 Å². The summed E-state index contributed by atoms with van der Waals surface area (Å²) in [5, 5.41) is 10.3. The lowest BCUT2D eigenvalue weighted by Gasteiger charge is -2.40. The van der Waals surface area contributed by atoms with Gasteiger partial charge in [0.2, 0.25) is 0 Å². The maximum Gasteiger partial charge on any atom is 0.326 e. The van der Waals surface area contributed by atoms with Crippen LogP contribution in [-0.2, 0) is 28.0 Å². The molecule has 1 aromatic rings. The molecule has 9 heteroatoms. The predicted molar refractivity (Wildman–Crippen MR) is 95.8 cm³/mol. The highest BCUT2D eigenvalue weighted by molar-refractivity contribution is 7.92. The van der Waals surface area contributed by atoms with Gasteiger partial charge in [0, 0.05) is 25.2 Å². The molecular formula is C18H22FN3O4S. The number of nitrogens with zero attached hydrogens (tertiary/aromatic N) is 2. The number of aromatic hydroxyl groups is 1. The summed E-state index contributed by atoms with van der Waals surface area (Å²) in [5.41, 5.74) is 1.32. The van der Waals surface area contributed by atoms with E-state index in [1.54, 1.807) is 0 Å². The number of hydrogen-bond donors (Lipinski definition) is 2. The highest BCUT2D eigenvalue weighted by atomic mass is 32.2. The normalized spacial score (nSPS) is 26.0. The van der Waals surface area contributed by atoms with Gasteiger partial charge in [-0.15, -0.1) is 0 Å². The largest absolute Gasteiger partial charge is 0.506 e. The Morgan fingerprint density at radius 2 is 2.04 bits per heavy atom. The van der Waals surface area contributed by atoms with Crippen LogP contribution in [0.15, 0.2) is 6.07 Å². The van der Waals surface area contributed by atoms with E-state index < -0.39 is 39.9 Å². The van der Waals surface area contributed by atoms with Crippen molar-refractivity contribution < 1.29 is 22.7 Å². The summed E-state index contributed by atoms with van der Waals surface area (Å²) in [6.07, 6.45) is 5.84. The summed E-state index contributed by atoms with van der Waals surface area (Å²) < 4.78 is 41.8. The van der Waals surface area contributed by atoms with E-state index in [9.17, 15) is 18.3 Å². The van der Waals surface area contributed by atoms with Gasteiger partial charge in [-0.3, -0.25) is 9.69 Å². The third-order valence-electron chi connectivity index (χ3n) is 6.48. The zero-order chi connectivity index (χ0) is 19.0. The molecule has 5 rings (SSSR count). The lowest BCUT2D eigenvalue weighted by molar-refractivity contribution is -0.117. The van der Waals surface area contributed by atoms with Crippen molar-refractivity contribution in [1.29, 1.82) is 0 Å². The van der Waals surface area contributed by atoms with Gasteiger partial charge in [0.05, 0.1) is 0 Å². The van der Waals surface area contributed by atoms with Crippen molar-refractivity contribution in [2.24, 2.45) is 11.3 Å². The van der Waals surface area contributed by atoms with Gasteiger partial charge in [-0.05, 0) is 55.1 Å². The summed E-state index contributed by atoms with van der Waals surface area (Å²) in [7, 11) is -4.17. The first kappa shape index (κ1) is 17.2. The molecule has 1 amide bonds. The van der Waals surface area contributed by atoms with Crippen LogP contribution >= 0.6 is 0 Å². The molecule has 1 saturated heterocycles. The number of benzene rings is 1. The van der Waals surface area contributed by atoms with Crippen molar-refractivity contribution >= 4 is 21.8 Å². The molecule has 146 valence electrons. The number of nitrogens with one attached hydrogen (secondary N) is 1. The summed E-state index contributed by atoms with van der Waals surface area (Å²) in [6, 6.07) is 1.44. The fourth-order valence-corrected chi connectivity index (χ4v) is 6.14. The molecule has 2 saturated carbocycles. The Balaban J connectivity index is 1.41. The predicted octanol–water partition coefficient (Wildman–Crippen LogP) is 1.26. The standard InChI is InChI=1S/C18H22FN3O4S/c19-16-13-9-21(8-11-6-18(7-11)2-3-18)4-1-12(13)5-14(23)17(16)22-10-15(24)20-27(22,25)26/h5,11,23H,1-4,6-10H2,(H,20,24). The van der Waals surface area contributed by atoms with E-state index in [4.69, 9.17) is 0 Å². The molecule has 2 aliphatic heterocycles. The van der Waals surface area contributed by atoms with Crippen LogP contribution < -0.4 is 9.03 Å². The SMILES string of the molecule is O=C1CN(c2c(O)cc3c(c2F)CN(CC2CC4(CC4)C2)CC3)S(=O)(=O)N1. The zero-order valence-electron chi connectivity index (χ0n) is 14.9. The number of phenolic OH excluding ortho intramolecular Hbond substituents is 1. The molecule has 2 heterocycles. The Labute approximate surface area is 157 Å². The Hall–Kier alpha value is -1.87. The lowest BCUT2D eigenvalue weighted by Crippen LogP contribution is -2.40. The van der Waals surface area contributed by atoms with Crippen molar-refractivity contribution in [1.82, 2.24) is 9.62 Å². The van der Waals surface area contributed by atoms with Gasteiger partial charge in [0.1, 0.15) is 18.0 Å². The Kier molecular flexibility index (Phi) is 3.56. The van der Waals surface area contributed by atoms with E-state index in [1.807, 2.05) is 4.72 Å². The van der Waals surface area contributed by atoms with Crippen LogP contribution in [0.4, 0.5) is 10.1 Å². The summed E-state index contributed by atoms with van der Waals surface area (Å²) in [5.74, 6) is -1.28. The Bertz CT molecular complexity index is 936. The second-order valence-corrected chi connectivity index (χ2v) is 10.1. The second kappa shape index (κ2) is 5.57. The third-order valence-corrected chi connectivity index (χ3v) is 7.86. The first-order valence-corrected chi connectivity index (χ1v) is 10.8. The molecule has 2 aliphatic carbocycles. The van der Waals surface area contributed by atoms with Crippen LogP contribution in [0.3, 0.4) is 0 Å². The number of hydrogen-bond acceptors (Lipinski definition) is 5. The van der Waals surface area contributed by atoms with Crippen molar-refractivity contribution in [2.75, 3.05) is 23.9 Å². The number of carbonyl (C=O) groups is 1. The Morgan fingerprint density at radius 1 is 1.30 bits per heavy atom. The van der Waals surface area contributed by atoms with Gasteiger partial charge in [0.15, 0.2) is 5.82 Å². The van der Waals surface area contributed by atoms with E-state index in [0.29, 0.717) is 39.7 Å². The van der Waals surface area contributed by atoms with E-state index in [-0.39, 0.29) is 0 Å². The Morgan fingerprint density at radius 3 is 2.67 bits per heavy atom. The number of halogens is 1. The average molecular weight is 395 g/mol. The van der Waals surface area contributed by atoms with Gasteiger partial charge in [-0.1, -0.05) is 0 Å². The van der Waals surface area contributed by atoms with Crippen molar-refractivity contribution in [3.63, 3.8) is 0 Å². The van der Waals surface area contributed by atoms with Gasteiger partial charge < -0.3 is 5.11 Å². The molecule has 4 aliphatic rings. The number of rotatable bonds is 3. The monoisotopic (exact) mass is 395 g/mol. The number of carbonyl (C=O) groups excluding carboxylic acids is 1. The van der Waals surface area contributed by atoms with Gasteiger partial charge in [-0.2, -0.15) is 8.42 Å². The van der Waals surface area contributed by atoms with E-state index in [2.05, 4.69) is 4.90 Å². The first-order valence-electron chi connectivity index (χ1n) is 9.35. The highest BCUT2D eigenvalue weighted by Gasteiger charge is 2.52. The van der Waals surface area contributed by atoms with Crippen molar-refractivity contribution in [3.8, 4) is 5.75 Å². The zero-order valence-corrected chi connectivity index (χ0v) is 15.7. The molecule has 0 atom stereocenters. The smallest absolute Gasteiger partial charge is 0.326 e. The van der Waals surface area contributed by atoms with E-state index >= 15 is 4.39 Å². The maximum atomic E-state index is 15.2. The molecule has 0 bridgehead atoms. The van der Waals surface area contributed by atoms with E-state index in [0.717, 1.165) is 13.1 Å². The van der Waals surface area contributed by atoms with Crippen LogP contribution in [0.5, 0.6) is 5.75 Å². The number of fused-ring (bicyclic) bond motifs is 1. The van der Waals surface area contributed by atoms with Gasteiger partial charge in [-0.25, -0.2) is 13.4 Å². The molecule has 0 unspecified atom stereocenters. The summed E-state index contributed by atoms with van der Waals surface area (Å²) >= 11 is 0. The van der Waals surface area contributed by atoms with Crippen molar-refractivity contribution in [2.45, 2.75) is 38.6 Å². The highest BCUT2D eigenvalue weighted by Crippen LogP contribution is 2.63. The summed E-state index contributed by atoms with van der Waals surface area (Å²) in [6.45, 7) is 1.60. The molecular weight excluding hydrogens is 373 g/mol. The molecule has 1 spiro atoms. The molecule has 0 aromatic heterocycles.